The SMILES string of the molecule is C/C(=C\c1cc2cc(C(=N)N)ccc2o1)c1ccc(C(=N)N)cc1. The van der Waals surface area contributed by atoms with Crippen LogP contribution in [0.25, 0.3) is 22.6 Å². The minimum Gasteiger partial charge on any atom is -0.457 e. The number of nitrogens with one attached hydrogen (secondary N) is 2. The Morgan fingerprint density at radius 2 is 1.46 bits per heavy atom. The number of rotatable bonds is 4. The monoisotopic (exact) mass is 318 g/mol. The van der Waals surface area contributed by atoms with Crippen molar-refractivity contribution >= 4 is 34.3 Å². The van der Waals surface area contributed by atoms with Gasteiger partial charge in [0, 0.05) is 16.5 Å². The number of nitrogens with two attached hydrogens (primary N) is 2. The summed E-state index contributed by atoms with van der Waals surface area (Å²) in [7, 11) is 0. The van der Waals surface area contributed by atoms with Crippen molar-refractivity contribution in [1.29, 1.82) is 10.8 Å². The van der Waals surface area contributed by atoms with E-state index in [1.165, 1.54) is 0 Å². The summed E-state index contributed by atoms with van der Waals surface area (Å²) >= 11 is 0. The van der Waals surface area contributed by atoms with E-state index >= 15 is 0 Å². The molecule has 120 valence electrons. The number of fused-ring (bicyclic) bond motifs is 1. The molecule has 0 saturated carbocycles. The maximum Gasteiger partial charge on any atom is 0.134 e. The highest BCUT2D eigenvalue weighted by Gasteiger charge is 2.06. The van der Waals surface area contributed by atoms with Gasteiger partial charge in [0.1, 0.15) is 23.0 Å². The molecule has 3 rings (SSSR count). The molecular weight excluding hydrogens is 300 g/mol. The lowest BCUT2D eigenvalue weighted by Gasteiger charge is -2.03. The first kappa shape index (κ1) is 15.6. The zero-order chi connectivity index (χ0) is 17.3. The van der Waals surface area contributed by atoms with Crippen LogP contribution < -0.4 is 11.5 Å². The van der Waals surface area contributed by atoms with Crippen LogP contribution in [-0.2, 0) is 0 Å². The summed E-state index contributed by atoms with van der Waals surface area (Å²) in [6.07, 6.45) is 1.95. The van der Waals surface area contributed by atoms with E-state index in [0.29, 0.717) is 11.1 Å². The predicted molar refractivity (Wildman–Crippen MR) is 98.2 cm³/mol. The summed E-state index contributed by atoms with van der Waals surface area (Å²) in [5.41, 5.74) is 15.2. The maximum absolute atomic E-state index is 7.50. The van der Waals surface area contributed by atoms with Crippen LogP contribution in [-0.4, -0.2) is 11.7 Å². The van der Waals surface area contributed by atoms with Crippen molar-refractivity contribution in [1.82, 2.24) is 0 Å². The molecule has 1 heterocycles. The van der Waals surface area contributed by atoms with E-state index in [4.69, 9.17) is 26.7 Å². The first-order chi connectivity index (χ1) is 11.4. The van der Waals surface area contributed by atoms with E-state index in [1.54, 1.807) is 6.07 Å². The lowest BCUT2D eigenvalue weighted by atomic mass is 10.0. The molecule has 0 aliphatic carbocycles. The molecule has 5 nitrogen and oxygen atoms in total. The fourth-order valence-corrected chi connectivity index (χ4v) is 2.51. The Balaban J connectivity index is 1.93. The molecule has 2 aromatic carbocycles. The zero-order valence-corrected chi connectivity index (χ0v) is 13.3. The van der Waals surface area contributed by atoms with Crippen LogP contribution in [0.15, 0.2) is 52.9 Å². The lowest BCUT2D eigenvalue weighted by Crippen LogP contribution is -2.10. The van der Waals surface area contributed by atoms with E-state index in [0.717, 1.165) is 27.9 Å². The molecule has 0 unspecified atom stereocenters. The van der Waals surface area contributed by atoms with Gasteiger partial charge in [0.2, 0.25) is 0 Å². The van der Waals surface area contributed by atoms with Gasteiger partial charge < -0.3 is 15.9 Å². The van der Waals surface area contributed by atoms with Crippen LogP contribution in [0.2, 0.25) is 0 Å². The van der Waals surface area contributed by atoms with Crippen molar-refractivity contribution in [2.45, 2.75) is 6.92 Å². The minimum absolute atomic E-state index is 0.0388. The summed E-state index contributed by atoms with van der Waals surface area (Å²) < 4.78 is 5.82. The van der Waals surface area contributed by atoms with Crippen LogP contribution in [0.4, 0.5) is 0 Å². The Morgan fingerprint density at radius 3 is 2.08 bits per heavy atom. The third-order valence-electron chi connectivity index (χ3n) is 3.86. The summed E-state index contributed by atoms with van der Waals surface area (Å²) in [5.74, 6) is 0.831. The van der Waals surface area contributed by atoms with Gasteiger partial charge >= 0.3 is 0 Å². The highest BCUT2D eigenvalue weighted by Crippen LogP contribution is 2.25. The molecule has 0 saturated heterocycles. The second kappa shape index (κ2) is 6.04. The number of hydrogen-bond acceptors (Lipinski definition) is 3. The normalized spacial score (nSPS) is 11.6. The summed E-state index contributed by atoms with van der Waals surface area (Å²) in [5, 5.41) is 15.8. The van der Waals surface area contributed by atoms with Gasteiger partial charge in [0.15, 0.2) is 0 Å². The highest BCUT2D eigenvalue weighted by molar-refractivity contribution is 5.99. The van der Waals surface area contributed by atoms with Gasteiger partial charge in [0.25, 0.3) is 0 Å². The Morgan fingerprint density at radius 1 is 0.875 bits per heavy atom. The van der Waals surface area contributed by atoms with E-state index in [2.05, 4.69) is 0 Å². The molecule has 0 radical (unpaired) electrons. The number of amidine groups is 2. The second-order valence-corrected chi connectivity index (χ2v) is 5.63. The molecule has 6 N–H and O–H groups in total. The van der Waals surface area contributed by atoms with E-state index in [-0.39, 0.29) is 11.7 Å². The molecule has 0 bridgehead atoms. The Labute approximate surface area is 139 Å². The third-order valence-corrected chi connectivity index (χ3v) is 3.86. The molecule has 24 heavy (non-hydrogen) atoms. The average Bonchev–Trinajstić information content (AvgIpc) is 2.96. The first-order valence-electron chi connectivity index (χ1n) is 7.45. The van der Waals surface area contributed by atoms with E-state index < -0.39 is 0 Å². The number of benzene rings is 2. The standard InChI is InChI=1S/C19H18N4O/c1-11(12-2-4-13(5-3-12)18(20)21)8-16-10-15-9-14(19(22)23)6-7-17(15)24-16/h2-10H,1H3,(H3,20,21)(H3,22,23)/b11-8+. The Bertz CT molecular complexity index is 965. The van der Waals surface area contributed by atoms with Crippen LogP contribution in [0.5, 0.6) is 0 Å². The van der Waals surface area contributed by atoms with Crippen molar-refractivity contribution in [3.8, 4) is 0 Å². The molecule has 0 atom stereocenters. The van der Waals surface area contributed by atoms with Gasteiger partial charge in [-0.25, -0.2) is 0 Å². The molecule has 1 aromatic heterocycles. The number of nitrogen functional groups attached to an aromatic ring is 2. The number of allylic oxidation sites excluding steroid dienone is 1. The van der Waals surface area contributed by atoms with Crippen LogP contribution in [0.3, 0.4) is 0 Å². The van der Waals surface area contributed by atoms with Crippen molar-refractivity contribution in [3.63, 3.8) is 0 Å². The van der Waals surface area contributed by atoms with Gasteiger partial charge in [-0.3, -0.25) is 10.8 Å². The molecule has 5 heteroatoms. The predicted octanol–water partition coefficient (Wildman–Crippen LogP) is 3.56. The molecule has 0 spiro atoms. The van der Waals surface area contributed by atoms with Gasteiger partial charge in [-0.05, 0) is 48.4 Å². The van der Waals surface area contributed by atoms with Crippen molar-refractivity contribution < 1.29 is 4.42 Å². The van der Waals surface area contributed by atoms with E-state index in [1.807, 2.05) is 55.5 Å². The summed E-state index contributed by atoms with van der Waals surface area (Å²) in [6.45, 7) is 2.00. The smallest absolute Gasteiger partial charge is 0.134 e. The van der Waals surface area contributed by atoms with Gasteiger partial charge in [0.05, 0.1) is 0 Å². The zero-order valence-electron chi connectivity index (χ0n) is 13.3. The number of furan rings is 1. The second-order valence-electron chi connectivity index (χ2n) is 5.63. The Hall–Kier alpha value is -3.34. The average molecular weight is 318 g/mol. The molecule has 0 aliphatic heterocycles. The van der Waals surface area contributed by atoms with Gasteiger partial charge in [-0.15, -0.1) is 0 Å². The topological polar surface area (TPSA) is 113 Å². The highest BCUT2D eigenvalue weighted by atomic mass is 16.3. The fraction of sp³-hybridized carbons (Fsp3) is 0.0526. The fourth-order valence-electron chi connectivity index (χ4n) is 2.51. The lowest BCUT2D eigenvalue weighted by molar-refractivity contribution is 0.604. The minimum atomic E-state index is 0.0388. The largest absolute Gasteiger partial charge is 0.457 e. The summed E-state index contributed by atoms with van der Waals surface area (Å²) in [6, 6.07) is 14.9. The van der Waals surface area contributed by atoms with Crippen molar-refractivity contribution in [2.75, 3.05) is 0 Å². The quantitative estimate of drug-likeness (QED) is 0.435. The number of hydrogen-bond donors (Lipinski definition) is 4. The maximum atomic E-state index is 7.50. The van der Waals surface area contributed by atoms with Crippen LogP contribution in [0.1, 0.15) is 29.4 Å². The molecule has 0 amide bonds. The molecule has 0 aliphatic rings. The van der Waals surface area contributed by atoms with Crippen LogP contribution in [0, 0.1) is 10.8 Å². The van der Waals surface area contributed by atoms with Gasteiger partial charge in [-0.2, -0.15) is 0 Å². The molecular formula is C19H18N4O. The van der Waals surface area contributed by atoms with Crippen molar-refractivity contribution in [3.05, 3.63) is 71.0 Å². The summed E-state index contributed by atoms with van der Waals surface area (Å²) in [4.78, 5) is 0. The van der Waals surface area contributed by atoms with E-state index in [9.17, 15) is 0 Å². The van der Waals surface area contributed by atoms with Crippen molar-refractivity contribution in [2.24, 2.45) is 11.5 Å². The molecule has 3 aromatic rings. The van der Waals surface area contributed by atoms with Crippen LogP contribution >= 0.6 is 0 Å². The molecule has 0 fully saturated rings. The third kappa shape index (κ3) is 3.05. The Kier molecular flexibility index (Phi) is 3.92. The van der Waals surface area contributed by atoms with Gasteiger partial charge in [-0.1, -0.05) is 24.3 Å². The first-order valence-corrected chi connectivity index (χ1v) is 7.45.